The summed E-state index contributed by atoms with van der Waals surface area (Å²) in [6, 6.07) is 0.995. The lowest BCUT2D eigenvalue weighted by Crippen LogP contribution is -2.49. The van der Waals surface area contributed by atoms with Gasteiger partial charge in [0.15, 0.2) is 0 Å². The van der Waals surface area contributed by atoms with E-state index in [-0.39, 0.29) is 0 Å². The van der Waals surface area contributed by atoms with Crippen LogP contribution in [0.4, 0.5) is 0 Å². The van der Waals surface area contributed by atoms with Crippen LogP contribution >= 0.6 is 0 Å². The van der Waals surface area contributed by atoms with E-state index in [4.69, 9.17) is 5.73 Å². The quantitative estimate of drug-likeness (QED) is 0.818. The highest BCUT2D eigenvalue weighted by molar-refractivity contribution is 4.82. The first-order chi connectivity index (χ1) is 9.65. The fraction of sp³-hybridized carbons (Fsp3) is 1.00. The van der Waals surface area contributed by atoms with Gasteiger partial charge < -0.3 is 5.73 Å². The summed E-state index contributed by atoms with van der Waals surface area (Å²) in [7, 11) is 0. The van der Waals surface area contributed by atoms with Gasteiger partial charge in [-0.3, -0.25) is 4.90 Å². The Morgan fingerprint density at radius 3 is 1.90 bits per heavy atom. The van der Waals surface area contributed by atoms with Crippen molar-refractivity contribution in [2.45, 2.75) is 97.1 Å². The third kappa shape index (κ3) is 7.08. The maximum atomic E-state index is 6.57. The first kappa shape index (κ1) is 18.0. The summed E-state index contributed by atoms with van der Waals surface area (Å²) in [5.41, 5.74) is 6.57. The zero-order chi connectivity index (χ0) is 14.8. The number of rotatable bonds is 4. The molecule has 0 aromatic heterocycles. The average molecular weight is 283 g/mol. The summed E-state index contributed by atoms with van der Waals surface area (Å²) >= 11 is 0. The van der Waals surface area contributed by atoms with Crippen molar-refractivity contribution in [1.29, 1.82) is 0 Å². The second-order valence-corrected chi connectivity index (χ2v) is 7.12. The Balaban J connectivity index is 2.58. The molecule has 0 spiro atoms. The molecule has 1 fully saturated rings. The second-order valence-electron chi connectivity index (χ2n) is 7.12. The molecule has 2 nitrogen and oxygen atoms in total. The molecule has 2 atom stereocenters. The van der Waals surface area contributed by atoms with Gasteiger partial charge in [0.05, 0.1) is 0 Å². The lowest BCUT2D eigenvalue weighted by Gasteiger charge is -2.36. The van der Waals surface area contributed by atoms with E-state index in [2.05, 4.69) is 25.7 Å². The zero-order valence-corrected chi connectivity index (χ0v) is 14.2. The van der Waals surface area contributed by atoms with Crippen LogP contribution in [-0.2, 0) is 0 Å². The van der Waals surface area contributed by atoms with Crippen molar-refractivity contribution in [3.63, 3.8) is 0 Å². The number of hydrogen-bond donors (Lipinski definition) is 1. The fourth-order valence-corrected chi connectivity index (χ4v) is 3.62. The molecule has 120 valence electrons. The lowest BCUT2D eigenvalue weighted by atomic mass is 9.93. The molecule has 1 aliphatic rings. The molecular formula is C18H38N2. The summed E-state index contributed by atoms with van der Waals surface area (Å²) in [5.74, 6) is 0.739. The third-order valence-electron chi connectivity index (χ3n) is 4.76. The Morgan fingerprint density at radius 2 is 1.40 bits per heavy atom. The summed E-state index contributed by atoms with van der Waals surface area (Å²) in [5, 5.41) is 0. The highest BCUT2D eigenvalue weighted by Crippen LogP contribution is 2.20. The summed E-state index contributed by atoms with van der Waals surface area (Å²) in [6.45, 7) is 9.30. The van der Waals surface area contributed by atoms with Crippen LogP contribution in [0.3, 0.4) is 0 Å². The van der Waals surface area contributed by atoms with Gasteiger partial charge in [0, 0.05) is 18.6 Å². The van der Waals surface area contributed by atoms with E-state index in [9.17, 15) is 0 Å². The minimum Gasteiger partial charge on any atom is -0.326 e. The molecule has 0 aliphatic heterocycles. The highest BCUT2D eigenvalue weighted by Gasteiger charge is 2.24. The first-order valence-electron chi connectivity index (χ1n) is 9.14. The van der Waals surface area contributed by atoms with E-state index < -0.39 is 0 Å². The van der Waals surface area contributed by atoms with Gasteiger partial charge in [-0.15, -0.1) is 0 Å². The zero-order valence-electron chi connectivity index (χ0n) is 14.2. The molecule has 1 rings (SSSR count). The summed E-state index contributed by atoms with van der Waals surface area (Å²) < 4.78 is 0. The first-order valence-corrected chi connectivity index (χ1v) is 9.14. The van der Waals surface area contributed by atoms with Crippen LogP contribution < -0.4 is 5.73 Å². The maximum Gasteiger partial charge on any atom is 0.0247 e. The van der Waals surface area contributed by atoms with Crippen LogP contribution in [0.25, 0.3) is 0 Å². The molecule has 0 heterocycles. The van der Waals surface area contributed by atoms with E-state index in [0.29, 0.717) is 12.1 Å². The van der Waals surface area contributed by atoms with Crippen LogP contribution in [0.2, 0.25) is 0 Å². The van der Waals surface area contributed by atoms with Crippen molar-refractivity contribution in [2.75, 3.05) is 13.1 Å². The topological polar surface area (TPSA) is 29.3 Å². The molecule has 0 saturated heterocycles. The van der Waals surface area contributed by atoms with E-state index in [1.165, 1.54) is 70.8 Å². The Kier molecular flexibility index (Phi) is 9.54. The number of nitrogens with zero attached hydrogens (tertiary/aromatic N) is 1. The van der Waals surface area contributed by atoms with Crippen LogP contribution in [0.15, 0.2) is 0 Å². The smallest absolute Gasteiger partial charge is 0.0247 e. The highest BCUT2D eigenvalue weighted by atomic mass is 15.2. The Bertz CT molecular complexity index is 227. The molecule has 0 bridgehead atoms. The Hall–Kier alpha value is -0.0800. The Labute approximate surface area is 127 Å². The standard InChI is InChI=1S/C18H38N2/c1-4-20(15-16(2)3)18-14-12-10-8-6-5-7-9-11-13-17(18)19/h16-18H,4-15,19H2,1-3H3. The largest absolute Gasteiger partial charge is 0.326 e. The van der Waals surface area contributed by atoms with Gasteiger partial charge in [-0.25, -0.2) is 0 Å². The Morgan fingerprint density at radius 1 is 0.900 bits per heavy atom. The van der Waals surface area contributed by atoms with Gasteiger partial charge in [0.2, 0.25) is 0 Å². The van der Waals surface area contributed by atoms with Gasteiger partial charge in [-0.2, -0.15) is 0 Å². The molecule has 2 N–H and O–H groups in total. The predicted molar refractivity (Wildman–Crippen MR) is 90.0 cm³/mol. The molecule has 2 unspecified atom stereocenters. The fourth-order valence-electron chi connectivity index (χ4n) is 3.62. The molecule has 0 aromatic carbocycles. The SMILES string of the molecule is CCN(CC(C)C)C1CCCCCCCCCCC1N. The van der Waals surface area contributed by atoms with E-state index >= 15 is 0 Å². The molecule has 20 heavy (non-hydrogen) atoms. The molecule has 1 aliphatic carbocycles. The van der Waals surface area contributed by atoms with Crippen LogP contribution in [0.1, 0.15) is 85.0 Å². The van der Waals surface area contributed by atoms with E-state index in [1.54, 1.807) is 0 Å². The van der Waals surface area contributed by atoms with E-state index in [0.717, 1.165) is 12.5 Å². The predicted octanol–water partition coefficient (Wildman–Crippen LogP) is 4.57. The van der Waals surface area contributed by atoms with Crippen LogP contribution in [0, 0.1) is 5.92 Å². The van der Waals surface area contributed by atoms with Crippen molar-refractivity contribution < 1.29 is 0 Å². The molecule has 0 amide bonds. The normalized spacial score (nSPS) is 27.3. The summed E-state index contributed by atoms with van der Waals surface area (Å²) in [4.78, 5) is 2.65. The minimum atomic E-state index is 0.383. The van der Waals surface area contributed by atoms with Crippen LogP contribution in [0.5, 0.6) is 0 Å². The molecule has 0 aromatic rings. The van der Waals surface area contributed by atoms with Crippen molar-refractivity contribution >= 4 is 0 Å². The molecule has 0 radical (unpaired) electrons. The van der Waals surface area contributed by atoms with Crippen molar-refractivity contribution in [2.24, 2.45) is 11.7 Å². The number of likely N-dealkylation sites (N-methyl/N-ethyl adjacent to an activating group) is 1. The van der Waals surface area contributed by atoms with Gasteiger partial charge in [-0.1, -0.05) is 72.1 Å². The average Bonchev–Trinajstić information content (AvgIpc) is 2.40. The lowest BCUT2D eigenvalue weighted by molar-refractivity contribution is 0.144. The minimum absolute atomic E-state index is 0.383. The monoisotopic (exact) mass is 282 g/mol. The van der Waals surface area contributed by atoms with Crippen molar-refractivity contribution in [1.82, 2.24) is 4.90 Å². The molecule has 1 saturated carbocycles. The van der Waals surface area contributed by atoms with Gasteiger partial charge in [-0.05, 0) is 25.3 Å². The summed E-state index contributed by atoms with van der Waals surface area (Å²) in [6.07, 6.45) is 13.7. The van der Waals surface area contributed by atoms with E-state index in [1.807, 2.05) is 0 Å². The number of hydrogen-bond acceptors (Lipinski definition) is 2. The second kappa shape index (κ2) is 10.6. The van der Waals surface area contributed by atoms with Gasteiger partial charge in [0.25, 0.3) is 0 Å². The van der Waals surface area contributed by atoms with Crippen LogP contribution in [-0.4, -0.2) is 30.1 Å². The van der Waals surface area contributed by atoms with Crippen molar-refractivity contribution in [3.05, 3.63) is 0 Å². The van der Waals surface area contributed by atoms with Crippen molar-refractivity contribution in [3.8, 4) is 0 Å². The van der Waals surface area contributed by atoms with Gasteiger partial charge in [0.1, 0.15) is 0 Å². The maximum absolute atomic E-state index is 6.57. The molecular weight excluding hydrogens is 244 g/mol. The van der Waals surface area contributed by atoms with Gasteiger partial charge >= 0.3 is 0 Å². The third-order valence-corrected chi connectivity index (χ3v) is 4.76. The molecule has 2 heteroatoms. The number of nitrogens with two attached hydrogens (primary N) is 1.